The summed E-state index contributed by atoms with van der Waals surface area (Å²) in [6, 6.07) is 3.93. The van der Waals surface area contributed by atoms with Gasteiger partial charge in [0, 0.05) is 18.0 Å². The maximum absolute atomic E-state index is 13.5. The Labute approximate surface area is 81.1 Å². The Kier molecular flexibility index (Phi) is 1.52. The van der Waals surface area contributed by atoms with Gasteiger partial charge in [0.1, 0.15) is 11.6 Å². The predicted octanol–water partition coefficient (Wildman–Crippen LogP) is 1.83. The lowest BCUT2D eigenvalue weighted by molar-refractivity contribution is 0.547. The van der Waals surface area contributed by atoms with Crippen molar-refractivity contribution in [2.45, 2.75) is 11.8 Å². The van der Waals surface area contributed by atoms with E-state index in [0.717, 1.165) is 25.6 Å². The number of halogens is 2. The lowest BCUT2D eigenvalue weighted by Crippen LogP contribution is -2.20. The fourth-order valence-electron chi connectivity index (χ4n) is 2.65. The van der Waals surface area contributed by atoms with Gasteiger partial charge in [-0.25, -0.2) is 8.78 Å². The molecule has 1 aliphatic carbocycles. The Morgan fingerprint density at radius 2 is 2.21 bits per heavy atom. The molecular formula is C11H11F2N. The van der Waals surface area contributed by atoms with Gasteiger partial charge in [0.25, 0.3) is 0 Å². The molecule has 3 rings (SSSR count). The van der Waals surface area contributed by atoms with Crippen LogP contribution >= 0.6 is 0 Å². The summed E-state index contributed by atoms with van der Waals surface area (Å²) in [5, 5.41) is 3.24. The Bertz CT molecular complexity index is 391. The van der Waals surface area contributed by atoms with Crippen molar-refractivity contribution in [1.82, 2.24) is 5.32 Å². The molecule has 74 valence electrons. The van der Waals surface area contributed by atoms with E-state index in [9.17, 15) is 8.78 Å². The maximum atomic E-state index is 13.5. The predicted molar refractivity (Wildman–Crippen MR) is 49.0 cm³/mol. The molecule has 2 unspecified atom stereocenters. The molecule has 1 saturated carbocycles. The third-order valence-electron chi connectivity index (χ3n) is 3.53. The van der Waals surface area contributed by atoms with Crippen LogP contribution in [0.15, 0.2) is 18.2 Å². The Morgan fingerprint density at radius 1 is 1.36 bits per heavy atom. The summed E-state index contributed by atoms with van der Waals surface area (Å²) in [5.74, 6) is -0.329. The van der Waals surface area contributed by atoms with Crippen LogP contribution in [0.4, 0.5) is 8.78 Å². The Morgan fingerprint density at radius 3 is 2.79 bits per heavy atom. The summed E-state index contributed by atoms with van der Waals surface area (Å²) in [5.41, 5.74) is 0.673. The molecule has 1 aliphatic heterocycles. The summed E-state index contributed by atoms with van der Waals surface area (Å²) in [6.07, 6.45) is 1.04. The van der Waals surface area contributed by atoms with Crippen LogP contribution in [0, 0.1) is 17.6 Å². The number of rotatable bonds is 1. The van der Waals surface area contributed by atoms with Gasteiger partial charge in [-0.15, -0.1) is 0 Å². The maximum Gasteiger partial charge on any atom is 0.129 e. The van der Waals surface area contributed by atoms with Crippen LogP contribution in [0.25, 0.3) is 0 Å². The van der Waals surface area contributed by atoms with Crippen molar-refractivity contribution in [2.75, 3.05) is 13.1 Å². The minimum atomic E-state index is -0.495. The van der Waals surface area contributed by atoms with Crippen LogP contribution in [0.2, 0.25) is 0 Å². The van der Waals surface area contributed by atoms with Crippen molar-refractivity contribution >= 4 is 0 Å². The molecule has 0 radical (unpaired) electrons. The Balaban J connectivity index is 2.05. The van der Waals surface area contributed by atoms with Crippen molar-refractivity contribution in [3.05, 3.63) is 35.4 Å². The fourth-order valence-corrected chi connectivity index (χ4v) is 2.65. The summed E-state index contributed by atoms with van der Waals surface area (Å²) in [4.78, 5) is 0. The first-order chi connectivity index (χ1) is 6.72. The minimum absolute atomic E-state index is 0.0161. The highest BCUT2D eigenvalue weighted by atomic mass is 19.1. The van der Waals surface area contributed by atoms with Crippen LogP contribution in [0.5, 0.6) is 0 Å². The van der Waals surface area contributed by atoms with E-state index in [1.54, 1.807) is 6.07 Å². The molecule has 1 aromatic carbocycles. The van der Waals surface area contributed by atoms with Crippen LogP contribution in [-0.4, -0.2) is 13.1 Å². The number of benzene rings is 1. The van der Waals surface area contributed by atoms with Crippen molar-refractivity contribution in [3.8, 4) is 0 Å². The summed E-state index contributed by atoms with van der Waals surface area (Å²) >= 11 is 0. The van der Waals surface area contributed by atoms with Crippen LogP contribution in [-0.2, 0) is 5.41 Å². The van der Waals surface area contributed by atoms with Crippen LogP contribution < -0.4 is 5.32 Å². The van der Waals surface area contributed by atoms with Gasteiger partial charge in [-0.2, -0.15) is 0 Å². The average molecular weight is 195 g/mol. The molecule has 1 nitrogen and oxygen atoms in total. The largest absolute Gasteiger partial charge is 0.316 e. The molecule has 2 aliphatic rings. The van der Waals surface area contributed by atoms with E-state index in [1.165, 1.54) is 6.07 Å². The van der Waals surface area contributed by atoms with Gasteiger partial charge in [0.2, 0.25) is 0 Å². The molecule has 2 atom stereocenters. The van der Waals surface area contributed by atoms with E-state index in [2.05, 4.69) is 5.32 Å². The first-order valence-electron chi connectivity index (χ1n) is 4.89. The second-order valence-electron chi connectivity index (χ2n) is 4.31. The Hall–Kier alpha value is -0.960. The third kappa shape index (κ3) is 0.960. The van der Waals surface area contributed by atoms with E-state index in [0.29, 0.717) is 11.5 Å². The normalized spacial score (nSPS) is 34.3. The quantitative estimate of drug-likeness (QED) is 0.720. The van der Waals surface area contributed by atoms with Gasteiger partial charge in [-0.05, 0) is 30.5 Å². The van der Waals surface area contributed by atoms with Gasteiger partial charge < -0.3 is 5.32 Å². The molecular weight excluding hydrogens is 184 g/mol. The van der Waals surface area contributed by atoms with Crippen molar-refractivity contribution in [1.29, 1.82) is 0 Å². The fraction of sp³-hybridized carbons (Fsp3) is 0.455. The van der Waals surface area contributed by atoms with Crippen LogP contribution in [0.3, 0.4) is 0 Å². The zero-order chi connectivity index (χ0) is 9.76. The monoisotopic (exact) mass is 195 g/mol. The number of nitrogens with one attached hydrogen (secondary N) is 1. The number of hydrogen-bond acceptors (Lipinski definition) is 1. The van der Waals surface area contributed by atoms with E-state index >= 15 is 0 Å². The molecule has 0 spiro atoms. The molecule has 0 aromatic heterocycles. The number of hydrogen-bond donors (Lipinski definition) is 1. The number of piperidine rings is 1. The molecule has 14 heavy (non-hydrogen) atoms. The average Bonchev–Trinajstić information content (AvgIpc) is 2.69. The highest BCUT2D eigenvalue weighted by molar-refractivity contribution is 5.38. The molecule has 1 N–H and O–H groups in total. The first kappa shape index (κ1) is 8.36. The highest BCUT2D eigenvalue weighted by Crippen LogP contribution is 2.56. The molecule has 0 bridgehead atoms. The summed E-state index contributed by atoms with van der Waals surface area (Å²) < 4.78 is 26.2. The zero-order valence-electron chi connectivity index (χ0n) is 7.69. The topological polar surface area (TPSA) is 12.0 Å². The van der Waals surface area contributed by atoms with E-state index in [4.69, 9.17) is 0 Å². The van der Waals surface area contributed by atoms with Gasteiger partial charge >= 0.3 is 0 Å². The second kappa shape index (κ2) is 2.54. The summed E-state index contributed by atoms with van der Waals surface area (Å²) in [7, 11) is 0. The minimum Gasteiger partial charge on any atom is -0.316 e. The van der Waals surface area contributed by atoms with Crippen molar-refractivity contribution in [2.24, 2.45) is 5.92 Å². The summed E-state index contributed by atoms with van der Waals surface area (Å²) in [6.45, 7) is 1.80. The van der Waals surface area contributed by atoms with Crippen molar-refractivity contribution in [3.63, 3.8) is 0 Å². The van der Waals surface area contributed by atoms with E-state index < -0.39 is 11.6 Å². The van der Waals surface area contributed by atoms with Gasteiger partial charge in [0.15, 0.2) is 0 Å². The SMILES string of the molecule is Fc1ccc(C23CNCC2C3)c(F)c1. The first-order valence-corrected chi connectivity index (χ1v) is 4.89. The molecule has 1 heterocycles. The zero-order valence-corrected chi connectivity index (χ0v) is 7.69. The molecule has 2 fully saturated rings. The van der Waals surface area contributed by atoms with E-state index in [-0.39, 0.29) is 5.41 Å². The standard InChI is InChI=1S/C11H11F2N/c12-8-1-2-9(10(13)3-8)11-4-7(11)5-14-6-11/h1-3,7,14H,4-6H2. The molecule has 1 saturated heterocycles. The lowest BCUT2D eigenvalue weighted by Gasteiger charge is -2.12. The molecule has 3 heteroatoms. The molecule has 0 amide bonds. The van der Waals surface area contributed by atoms with Crippen molar-refractivity contribution < 1.29 is 8.78 Å². The third-order valence-corrected chi connectivity index (χ3v) is 3.53. The lowest BCUT2D eigenvalue weighted by atomic mass is 9.94. The smallest absolute Gasteiger partial charge is 0.129 e. The second-order valence-corrected chi connectivity index (χ2v) is 4.31. The van der Waals surface area contributed by atoms with Gasteiger partial charge in [0.05, 0.1) is 0 Å². The van der Waals surface area contributed by atoms with Gasteiger partial charge in [-0.3, -0.25) is 0 Å². The highest BCUT2D eigenvalue weighted by Gasteiger charge is 2.59. The van der Waals surface area contributed by atoms with Gasteiger partial charge in [-0.1, -0.05) is 6.07 Å². The van der Waals surface area contributed by atoms with Crippen LogP contribution in [0.1, 0.15) is 12.0 Å². The molecule has 1 aromatic rings. The van der Waals surface area contributed by atoms with E-state index in [1.807, 2.05) is 0 Å². The number of fused-ring (bicyclic) bond motifs is 1.